The van der Waals surface area contributed by atoms with Crippen molar-refractivity contribution in [3.8, 4) is 0 Å². The highest BCUT2D eigenvalue weighted by Gasteiger charge is 2.41. The molecule has 29 heavy (non-hydrogen) atoms. The van der Waals surface area contributed by atoms with Crippen molar-refractivity contribution in [1.82, 2.24) is 5.32 Å². The van der Waals surface area contributed by atoms with Gasteiger partial charge in [-0.2, -0.15) is 0 Å². The molecule has 0 radical (unpaired) electrons. The number of ether oxygens (including phenoxy) is 2. The number of nitro groups is 1. The number of carbonyl (C=O) groups is 2. The summed E-state index contributed by atoms with van der Waals surface area (Å²) in [6.45, 7) is 5.42. The van der Waals surface area contributed by atoms with Crippen LogP contribution in [0.4, 0.5) is 5.69 Å². The maximum Gasteiger partial charge on any atom is 0.339 e. The van der Waals surface area contributed by atoms with Crippen LogP contribution in [-0.4, -0.2) is 34.4 Å². The maximum atomic E-state index is 13.1. The normalized spacial score (nSPS) is 24.3. The number of esters is 1. The summed E-state index contributed by atoms with van der Waals surface area (Å²) < 4.78 is 11.1. The Labute approximate surface area is 167 Å². The van der Waals surface area contributed by atoms with E-state index in [1.165, 1.54) is 24.3 Å². The summed E-state index contributed by atoms with van der Waals surface area (Å²) in [6.07, 6.45) is 1.30. The van der Waals surface area contributed by atoms with E-state index in [1.54, 1.807) is 20.8 Å². The number of nitro benzene ring substituents is 1. The zero-order valence-corrected chi connectivity index (χ0v) is 16.4. The number of nitrogens with zero attached hydrogens (tertiary/aromatic N) is 1. The molecule has 1 aromatic rings. The molecule has 2 N–H and O–H groups in total. The van der Waals surface area contributed by atoms with Crippen molar-refractivity contribution in [2.24, 2.45) is 0 Å². The molecule has 1 saturated heterocycles. The summed E-state index contributed by atoms with van der Waals surface area (Å²) in [7, 11) is 0. The fourth-order valence-corrected chi connectivity index (χ4v) is 3.75. The molecule has 1 fully saturated rings. The Morgan fingerprint density at radius 2 is 1.86 bits per heavy atom. The lowest BCUT2D eigenvalue weighted by Gasteiger charge is -2.32. The fraction of sp³-hybridized carbons (Fsp3) is 0.400. The van der Waals surface area contributed by atoms with Crippen LogP contribution < -0.4 is 5.32 Å². The van der Waals surface area contributed by atoms with Crippen molar-refractivity contribution < 1.29 is 29.1 Å². The predicted octanol–water partition coefficient (Wildman–Crippen LogP) is 2.98. The van der Waals surface area contributed by atoms with Gasteiger partial charge in [-0.15, -0.1) is 0 Å². The highest BCUT2D eigenvalue weighted by Crippen LogP contribution is 2.40. The van der Waals surface area contributed by atoms with Crippen LogP contribution >= 0.6 is 0 Å². The standard InChI is InChI=1S/C20H22N2O7/c1-11-15(18(23)24)17(13-5-7-14(8-6-13)22(26)27)16(12(2)21-11)19(25)29-20(3)9-4-10-28-20/h5-8,17,21H,4,9-10H2,1-3H3,(H,23,24). The van der Waals surface area contributed by atoms with E-state index in [9.17, 15) is 24.8 Å². The van der Waals surface area contributed by atoms with Crippen molar-refractivity contribution in [3.05, 3.63) is 62.5 Å². The van der Waals surface area contributed by atoms with Crippen molar-refractivity contribution >= 4 is 17.6 Å². The van der Waals surface area contributed by atoms with E-state index in [1.807, 2.05) is 0 Å². The molecule has 0 aliphatic carbocycles. The molecule has 0 saturated carbocycles. The van der Waals surface area contributed by atoms with Crippen LogP contribution in [0.1, 0.15) is 45.1 Å². The lowest BCUT2D eigenvalue weighted by molar-refractivity contribution is -0.384. The monoisotopic (exact) mass is 402 g/mol. The van der Waals surface area contributed by atoms with Gasteiger partial charge in [0.15, 0.2) is 0 Å². The minimum Gasteiger partial charge on any atom is -0.478 e. The summed E-state index contributed by atoms with van der Waals surface area (Å²) in [5, 5.41) is 23.7. The number of benzene rings is 1. The number of aliphatic carboxylic acids is 1. The van der Waals surface area contributed by atoms with Crippen LogP contribution in [0.15, 0.2) is 46.8 Å². The van der Waals surface area contributed by atoms with Gasteiger partial charge in [0, 0.05) is 36.9 Å². The molecule has 0 bridgehead atoms. The number of dihydropyridines is 1. The summed E-state index contributed by atoms with van der Waals surface area (Å²) in [4.78, 5) is 35.5. The number of carbonyl (C=O) groups excluding carboxylic acids is 1. The zero-order valence-electron chi connectivity index (χ0n) is 16.4. The maximum absolute atomic E-state index is 13.1. The van der Waals surface area contributed by atoms with Crippen molar-refractivity contribution in [3.63, 3.8) is 0 Å². The topological polar surface area (TPSA) is 128 Å². The molecule has 0 spiro atoms. The second-order valence-electron chi connectivity index (χ2n) is 7.26. The molecule has 2 atom stereocenters. The summed E-state index contributed by atoms with van der Waals surface area (Å²) >= 11 is 0. The molecule has 9 nitrogen and oxygen atoms in total. The molecule has 2 heterocycles. The first-order valence-corrected chi connectivity index (χ1v) is 9.16. The van der Waals surface area contributed by atoms with Crippen LogP contribution in [0.5, 0.6) is 0 Å². The lowest BCUT2D eigenvalue weighted by Crippen LogP contribution is -2.36. The highest BCUT2D eigenvalue weighted by molar-refractivity contribution is 5.99. The third-order valence-electron chi connectivity index (χ3n) is 5.14. The molecule has 3 rings (SSSR count). The van der Waals surface area contributed by atoms with E-state index < -0.39 is 28.6 Å². The molecule has 0 amide bonds. The average molecular weight is 402 g/mol. The van der Waals surface area contributed by atoms with Crippen LogP contribution in [0, 0.1) is 10.1 Å². The van der Waals surface area contributed by atoms with Gasteiger partial charge in [-0.25, -0.2) is 9.59 Å². The number of hydrogen-bond donors (Lipinski definition) is 2. The molecule has 2 aliphatic heterocycles. The van der Waals surface area contributed by atoms with E-state index in [4.69, 9.17) is 9.47 Å². The van der Waals surface area contributed by atoms with Gasteiger partial charge >= 0.3 is 11.9 Å². The molecule has 0 aromatic heterocycles. The minimum atomic E-state index is -1.19. The Morgan fingerprint density at radius 3 is 2.38 bits per heavy atom. The highest BCUT2D eigenvalue weighted by atomic mass is 16.7. The van der Waals surface area contributed by atoms with Gasteiger partial charge in [0.1, 0.15) is 0 Å². The zero-order chi connectivity index (χ0) is 21.3. The van der Waals surface area contributed by atoms with E-state index in [2.05, 4.69) is 5.32 Å². The molecular weight excluding hydrogens is 380 g/mol. The molecular formula is C20H22N2O7. The van der Waals surface area contributed by atoms with Gasteiger partial charge < -0.3 is 19.9 Å². The van der Waals surface area contributed by atoms with E-state index in [0.29, 0.717) is 30.0 Å². The number of allylic oxidation sites excluding steroid dienone is 2. The van der Waals surface area contributed by atoms with Crippen LogP contribution in [-0.2, 0) is 19.1 Å². The van der Waals surface area contributed by atoms with E-state index in [0.717, 1.165) is 6.42 Å². The van der Waals surface area contributed by atoms with Gasteiger partial charge in [0.25, 0.3) is 5.69 Å². The molecule has 9 heteroatoms. The van der Waals surface area contributed by atoms with E-state index >= 15 is 0 Å². The Morgan fingerprint density at radius 1 is 1.24 bits per heavy atom. The van der Waals surface area contributed by atoms with Gasteiger partial charge in [0.2, 0.25) is 5.79 Å². The quantitative estimate of drug-likeness (QED) is 0.437. The first-order valence-electron chi connectivity index (χ1n) is 9.16. The van der Waals surface area contributed by atoms with Gasteiger partial charge in [0.05, 0.1) is 28.6 Å². The van der Waals surface area contributed by atoms with Gasteiger partial charge in [-0.3, -0.25) is 10.1 Å². The number of hydrogen-bond acceptors (Lipinski definition) is 7. The third-order valence-corrected chi connectivity index (χ3v) is 5.14. The average Bonchev–Trinajstić information content (AvgIpc) is 3.06. The second kappa shape index (κ2) is 7.67. The first kappa shape index (κ1) is 20.5. The Kier molecular flexibility index (Phi) is 5.43. The fourth-order valence-electron chi connectivity index (χ4n) is 3.75. The number of carboxylic acid groups (broad SMARTS) is 1. The van der Waals surface area contributed by atoms with Crippen LogP contribution in [0.2, 0.25) is 0 Å². The minimum absolute atomic E-state index is 0.0195. The summed E-state index contributed by atoms with van der Waals surface area (Å²) in [5.74, 6) is -3.88. The first-order chi connectivity index (χ1) is 13.6. The summed E-state index contributed by atoms with van der Waals surface area (Å²) in [5.41, 5.74) is 1.28. The predicted molar refractivity (Wildman–Crippen MR) is 102 cm³/mol. The molecule has 1 aromatic carbocycles. The van der Waals surface area contributed by atoms with Crippen molar-refractivity contribution in [2.45, 2.75) is 45.3 Å². The number of nitrogens with one attached hydrogen (secondary N) is 1. The second-order valence-corrected chi connectivity index (χ2v) is 7.26. The Hall–Kier alpha value is -3.20. The number of carboxylic acids is 1. The van der Waals surface area contributed by atoms with Crippen LogP contribution in [0.3, 0.4) is 0 Å². The SMILES string of the molecule is CC1=C(C(=O)O)C(c2ccc([N+](=O)[O-])cc2)C(C(=O)OC2(C)CCCO2)=C(C)N1. The van der Waals surface area contributed by atoms with Crippen molar-refractivity contribution in [1.29, 1.82) is 0 Å². The smallest absolute Gasteiger partial charge is 0.339 e. The molecule has 2 unspecified atom stereocenters. The van der Waals surface area contributed by atoms with Gasteiger partial charge in [-0.1, -0.05) is 12.1 Å². The Bertz CT molecular complexity index is 925. The number of non-ortho nitro benzene ring substituents is 1. The third kappa shape index (κ3) is 4.00. The Balaban J connectivity index is 2.06. The van der Waals surface area contributed by atoms with E-state index in [-0.39, 0.29) is 16.8 Å². The molecule has 154 valence electrons. The number of rotatable bonds is 5. The summed E-state index contributed by atoms with van der Waals surface area (Å²) in [6, 6.07) is 5.48. The van der Waals surface area contributed by atoms with Gasteiger partial charge in [-0.05, 0) is 25.8 Å². The molecule has 2 aliphatic rings. The van der Waals surface area contributed by atoms with Crippen molar-refractivity contribution in [2.75, 3.05) is 6.61 Å². The van der Waals surface area contributed by atoms with Crippen LogP contribution in [0.25, 0.3) is 0 Å². The largest absolute Gasteiger partial charge is 0.478 e. The lowest BCUT2D eigenvalue weighted by atomic mass is 9.80.